The van der Waals surface area contributed by atoms with E-state index < -0.39 is 0 Å². The van der Waals surface area contributed by atoms with Crippen LogP contribution in [-0.4, -0.2) is 28.7 Å². The van der Waals surface area contributed by atoms with Crippen LogP contribution in [0.4, 0.5) is 5.69 Å². The Morgan fingerprint density at radius 1 is 0.892 bits per heavy atom. The summed E-state index contributed by atoms with van der Waals surface area (Å²) in [5.41, 5.74) is 5.76. The third-order valence-corrected chi connectivity index (χ3v) is 7.16. The van der Waals surface area contributed by atoms with E-state index in [0.29, 0.717) is 11.6 Å². The highest BCUT2D eigenvalue weighted by atomic mass is 35.5. The molecule has 1 aliphatic heterocycles. The molecule has 0 aliphatic carbocycles. The van der Waals surface area contributed by atoms with E-state index in [1.807, 2.05) is 36.8 Å². The zero-order valence-corrected chi connectivity index (χ0v) is 21.9. The second-order valence-corrected chi connectivity index (χ2v) is 9.60. The van der Waals surface area contributed by atoms with Gasteiger partial charge in [-0.1, -0.05) is 60.7 Å². The van der Waals surface area contributed by atoms with E-state index in [4.69, 9.17) is 5.26 Å². The number of hydrogen-bond donors (Lipinski definition) is 1. The van der Waals surface area contributed by atoms with Gasteiger partial charge < -0.3 is 14.8 Å². The van der Waals surface area contributed by atoms with Crippen molar-refractivity contribution >= 4 is 18.1 Å². The van der Waals surface area contributed by atoms with E-state index >= 15 is 0 Å². The molecule has 1 unspecified atom stereocenters. The lowest BCUT2D eigenvalue weighted by molar-refractivity contribution is 0.350. The number of aryl methyl sites for hydroxylation is 1. The fourth-order valence-electron chi connectivity index (χ4n) is 5.13. The summed E-state index contributed by atoms with van der Waals surface area (Å²) in [6.07, 6.45) is 8.24. The Hall–Kier alpha value is -3.59. The van der Waals surface area contributed by atoms with Crippen LogP contribution in [0.3, 0.4) is 0 Å². The molecular weight excluding hydrogens is 478 g/mol. The van der Waals surface area contributed by atoms with E-state index in [-0.39, 0.29) is 18.4 Å². The van der Waals surface area contributed by atoms with E-state index in [2.05, 4.69) is 86.5 Å². The summed E-state index contributed by atoms with van der Waals surface area (Å²) < 4.78 is 2.25. The van der Waals surface area contributed by atoms with Crippen molar-refractivity contribution in [3.63, 3.8) is 0 Å². The molecule has 1 fully saturated rings. The Morgan fingerprint density at radius 3 is 2.24 bits per heavy atom. The smallest absolute Gasteiger partial charge is 0.0991 e. The zero-order chi connectivity index (χ0) is 24.6. The summed E-state index contributed by atoms with van der Waals surface area (Å²) in [6, 6.07) is 32.2. The zero-order valence-electron chi connectivity index (χ0n) is 21.0. The number of hydrogen-bond acceptors (Lipinski definition) is 4. The van der Waals surface area contributed by atoms with Crippen molar-refractivity contribution in [1.82, 2.24) is 14.9 Å². The van der Waals surface area contributed by atoms with Gasteiger partial charge in [0.2, 0.25) is 0 Å². The first kappa shape index (κ1) is 26.5. The Labute approximate surface area is 226 Å². The molecule has 1 aliphatic rings. The number of aromatic nitrogens is 2. The van der Waals surface area contributed by atoms with E-state index in [0.717, 1.165) is 45.3 Å². The molecule has 1 saturated heterocycles. The van der Waals surface area contributed by atoms with Gasteiger partial charge in [0.25, 0.3) is 0 Å². The minimum absolute atomic E-state index is 0. The SMILES string of the molecule is Cl.N#Cc1ccc(Cn2cncc2C(CCc2ccccc2)NC2CCN(c3ccccc3)CC2)cc1. The van der Waals surface area contributed by atoms with Crippen molar-refractivity contribution in [2.75, 3.05) is 18.0 Å². The topological polar surface area (TPSA) is 56.9 Å². The second kappa shape index (κ2) is 13.1. The van der Waals surface area contributed by atoms with Crippen LogP contribution in [0.1, 0.15) is 47.7 Å². The molecule has 0 saturated carbocycles. The van der Waals surface area contributed by atoms with Crippen molar-refractivity contribution in [3.8, 4) is 6.07 Å². The monoisotopic (exact) mass is 511 g/mol. The van der Waals surface area contributed by atoms with Crippen LogP contribution < -0.4 is 10.2 Å². The lowest BCUT2D eigenvalue weighted by Gasteiger charge is -2.36. The fraction of sp³-hybridized carbons (Fsp3) is 0.290. The van der Waals surface area contributed by atoms with Gasteiger partial charge in [0.05, 0.1) is 23.7 Å². The van der Waals surface area contributed by atoms with Gasteiger partial charge in [-0.3, -0.25) is 0 Å². The summed E-state index contributed by atoms with van der Waals surface area (Å²) in [7, 11) is 0. The minimum atomic E-state index is 0. The van der Waals surface area contributed by atoms with Crippen molar-refractivity contribution in [3.05, 3.63) is 120 Å². The second-order valence-electron chi connectivity index (χ2n) is 9.60. The number of imidazole rings is 1. The summed E-state index contributed by atoms with van der Waals surface area (Å²) in [6.45, 7) is 2.88. The first-order valence-corrected chi connectivity index (χ1v) is 12.9. The number of anilines is 1. The Bertz CT molecular complexity index is 1260. The molecule has 0 amide bonds. The van der Waals surface area contributed by atoms with Gasteiger partial charge in [-0.25, -0.2) is 4.98 Å². The van der Waals surface area contributed by atoms with E-state index in [9.17, 15) is 0 Å². The van der Waals surface area contributed by atoms with Gasteiger partial charge >= 0.3 is 0 Å². The highest BCUT2D eigenvalue weighted by molar-refractivity contribution is 5.85. The maximum absolute atomic E-state index is 9.12. The average molecular weight is 512 g/mol. The molecule has 3 aromatic carbocycles. The minimum Gasteiger partial charge on any atom is -0.371 e. The van der Waals surface area contributed by atoms with Crippen LogP contribution in [0.25, 0.3) is 0 Å². The van der Waals surface area contributed by atoms with Gasteiger partial charge in [0.15, 0.2) is 0 Å². The van der Waals surface area contributed by atoms with Gasteiger partial charge in [-0.2, -0.15) is 5.26 Å². The third kappa shape index (κ3) is 7.01. The van der Waals surface area contributed by atoms with Crippen LogP contribution in [0, 0.1) is 11.3 Å². The average Bonchev–Trinajstić information content (AvgIpc) is 3.41. The molecule has 0 radical (unpaired) electrons. The molecular formula is C31H34ClN5. The van der Waals surface area contributed by atoms with Gasteiger partial charge in [-0.15, -0.1) is 12.4 Å². The summed E-state index contributed by atoms with van der Waals surface area (Å²) in [4.78, 5) is 7.03. The Kier molecular flexibility index (Phi) is 9.37. The number of rotatable bonds is 9. The van der Waals surface area contributed by atoms with Crippen LogP contribution in [0.5, 0.6) is 0 Å². The molecule has 0 bridgehead atoms. The molecule has 190 valence electrons. The Balaban J connectivity index is 0.00000320. The Morgan fingerprint density at radius 2 is 1.57 bits per heavy atom. The van der Waals surface area contributed by atoms with Crippen molar-refractivity contribution < 1.29 is 0 Å². The number of halogens is 1. The first-order chi connectivity index (χ1) is 17.8. The predicted molar refractivity (Wildman–Crippen MR) is 152 cm³/mol. The van der Waals surface area contributed by atoms with Gasteiger partial charge in [-0.05, 0) is 61.1 Å². The normalized spacial score (nSPS) is 14.5. The van der Waals surface area contributed by atoms with Crippen LogP contribution in [0.15, 0.2) is 97.5 Å². The maximum atomic E-state index is 9.12. The standard InChI is InChI=1S/C31H33N5.ClH/c32-21-26-11-13-27(14-12-26)23-36-24-33-22-31(36)30(16-15-25-7-3-1-4-8-25)34-28-17-19-35(20-18-28)29-9-5-2-6-10-29;/h1-14,22,24,28,30,34H,15-20,23H2;1H. The van der Waals surface area contributed by atoms with Crippen molar-refractivity contribution in [2.45, 2.75) is 44.3 Å². The van der Waals surface area contributed by atoms with Crippen LogP contribution >= 0.6 is 12.4 Å². The number of nitrogens with one attached hydrogen (secondary N) is 1. The molecule has 0 spiro atoms. The third-order valence-electron chi connectivity index (χ3n) is 7.16. The summed E-state index contributed by atoms with van der Waals surface area (Å²) in [5.74, 6) is 0. The van der Waals surface area contributed by atoms with E-state index in [1.165, 1.54) is 22.5 Å². The number of para-hydroxylation sites is 1. The lowest BCUT2D eigenvalue weighted by atomic mass is 9.98. The molecule has 5 rings (SSSR count). The molecule has 6 heteroatoms. The predicted octanol–water partition coefficient (Wildman–Crippen LogP) is 6.16. The lowest BCUT2D eigenvalue weighted by Crippen LogP contribution is -2.44. The number of nitriles is 1. The molecule has 37 heavy (non-hydrogen) atoms. The van der Waals surface area contributed by atoms with Crippen molar-refractivity contribution in [2.24, 2.45) is 0 Å². The maximum Gasteiger partial charge on any atom is 0.0991 e. The fourth-order valence-corrected chi connectivity index (χ4v) is 5.13. The summed E-state index contributed by atoms with van der Waals surface area (Å²) in [5, 5.41) is 13.1. The highest BCUT2D eigenvalue weighted by Crippen LogP contribution is 2.25. The van der Waals surface area contributed by atoms with Gasteiger partial charge in [0.1, 0.15) is 0 Å². The molecule has 4 aromatic rings. The van der Waals surface area contributed by atoms with Crippen LogP contribution in [-0.2, 0) is 13.0 Å². The highest BCUT2D eigenvalue weighted by Gasteiger charge is 2.24. The number of nitrogens with zero attached hydrogens (tertiary/aromatic N) is 4. The largest absolute Gasteiger partial charge is 0.371 e. The first-order valence-electron chi connectivity index (χ1n) is 12.9. The number of piperidine rings is 1. The summed E-state index contributed by atoms with van der Waals surface area (Å²) >= 11 is 0. The van der Waals surface area contributed by atoms with E-state index in [1.54, 1.807) is 0 Å². The van der Waals surface area contributed by atoms with Crippen molar-refractivity contribution in [1.29, 1.82) is 5.26 Å². The van der Waals surface area contributed by atoms with Crippen LogP contribution in [0.2, 0.25) is 0 Å². The quantitative estimate of drug-likeness (QED) is 0.292. The molecule has 5 nitrogen and oxygen atoms in total. The molecule has 1 aromatic heterocycles. The number of benzene rings is 3. The molecule has 1 atom stereocenters. The van der Waals surface area contributed by atoms with Gasteiger partial charge in [0, 0.05) is 43.6 Å². The molecule has 1 N–H and O–H groups in total. The molecule has 2 heterocycles.